The second-order valence-electron chi connectivity index (χ2n) is 5.69. The summed E-state index contributed by atoms with van der Waals surface area (Å²) in [5.41, 5.74) is 0.924. The summed E-state index contributed by atoms with van der Waals surface area (Å²) in [5, 5.41) is 11.1. The first-order chi connectivity index (χ1) is 12.0. The highest BCUT2D eigenvalue weighted by atomic mass is 16.6. The maximum atomic E-state index is 12.6. The van der Waals surface area contributed by atoms with Crippen molar-refractivity contribution in [2.45, 2.75) is 12.0 Å². The molecule has 1 heterocycles. The Balaban J connectivity index is 2.03. The molecule has 7 heteroatoms. The fraction of sp³-hybridized carbons (Fsp3) is 0.167. The van der Waals surface area contributed by atoms with Gasteiger partial charge in [-0.2, -0.15) is 0 Å². The first-order valence-electron chi connectivity index (χ1n) is 7.63. The third kappa shape index (κ3) is 2.91. The number of imide groups is 1. The number of nitro groups is 1. The van der Waals surface area contributed by atoms with Crippen LogP contribution >= 0.6 is 0 Å². The van der Waals surface area contributed by atoms with Crippen LogP contribution in [-0.2, 0) is 4.79 Å². The van der Waals surface area contributed by atoms with Gasteiger partial charge >= 0.3 is 0 Å². The van der Waals surface area contributed by atoms with Gasteiger partial charge in [0, 0.05) is 4.92 Å². The monoisotopic (exact) mass is 338 g/mol. The number of carbonyl (C=O) groups is 3. The van der Waals surface area contributed by atoms with Gasteiger partial charge in [0.25, 0.3) is 11.8 Å². The van der Waals surface area contributed by atoms with Gasteiger partial charge in [0.05, 0.1) is 17.0 Å². The zero-order chi connectivity index (χ0) is 18.0. The molecule has 0 aromatic heterocycles. The van der Waals surface area contributed by atoms with Gasteiger partial charge in [0.15, 0.2) is 0 Å². The van der Waals surface area contributed by atoms with Gasteiger partial charge < -0.3 is 4.79 Å². The van der Waals surface area contributed by atoms with Gasteiger partial charge in [-0.15, -0.1) is 0 Å². The largest absolute Gasteiger partial charge is 0.301 e. The van der Waals surface area contributed by atoms with Crippen molar-refractivity contribution in [3.8, 4) is 0 Å². The number of fused-ring (bicyclic) bond motifs is 1. The van der Waals surface area contributed by atoms with Gasteiger partial charge in [-0.05, 0) is 17.7 Å². The molecule has 0 N–H and O–H groups in total. The van der Waals surface area contributed by atoms with E-state index in [1.54, 1.807) is 42.5 Å². The van der Waals surface area contributed by atoms with Crippen LogP contribution in [0.2, 0.25) is 0 Å². The molecule has 0 radical (unpaired) electrons. The molecule has 0 bridgehead atoms. The van der Waals surface area contributed by atoms with Crippen LogP contribution in [0, 0.1) is 10.1 Å². The molecule has 0 unspecified atom stereocenters. The number of benzene rings is 2. The van der Waals surface area contributed by atoms with Crippen molar-refractivity contribution >= 4 is 18.1 Å². The van der Waals surface area contributed by atoms with Crippen molar-refractivity contribution in [2.75, 3.05) is 6.54 Å². The van der Waals surface area contributed by atoms with Gasteiger partial charge in [-0.25, -0.2) is 0 Å². The third-order valence-corrected chi connectivity index (χ3v) is 4.25. The molecular formula is C18H14N2O5. The van der Waals surface area contributed by atoms with E-state index in [1.165, 1.54) is 12.1 Å². The minimum absolute atomic E-state index is 0.201. The summed E-state index contributed by atoms with van der Waals surface area (Å²) in [6, 6.07) is 13.4. The molecule has 1 aliphatic rings. The lowest BCUT2D eigenvalue weighted by molar-refractivity contribution is -0.484. The van der Waals surface area contributed by atoms with Crippen molar-refractivity contribution in [3.63, 3.8) is 0 Å². The Hall–Kier alpha value is -3.35. The fourth-order valence-corrected chi connectivity index (χ4v) is 3.09. The first kappa shape index (κ1) is 16.5. The lowest BCUT2D eigenvalue weighted by Gasteiger charge is -2.27. The Morgan fingerprint density at radius 1 is 0.960 bits per heavy atom. The van der Waals surface area contributed by atoms with E-state index >= 15 is 0 Å². The number of aldehydes is 1. The molecule has 1 aliphatic heterocycles. The highest BCUT2D eigenvalue weighted by Crippen LogP contribution is 2.30. The topological polar surface area (TPSA) is 97.6 Å². The Bertz CT molecular complexity index is 815. The smallest absolute Gasteiger partial charge is 0.262 e. The van der Waals surface area contributed by atoms with Crippen LogP contribution in [-0.4, -0.2) is 40.5 Å². The van der Waals surface area contributed by atoms with Crippen LogP contribution in [0.25, 0.3) is 0 Å². The summed E-state index contributed by atoms with van der Waals surface area (Å²) in [6.07, 6.45) is 0.433. The molecule has 2 aromatic carbocycles. The summed E-state index contributed by atoms with van der Waals surface area (Å²) in [5.74, 6) is -2.14. The van der Waals surface area contributed by atoms with E-state index < -0.39 is 35.2 Å². The van der Waals surface area contributed by atoms with Gasteiger partial charge in [-0.1, -0.05) is 42.5 Å². The second-order valence-corrected chi connectivity index (χ2v) is 5.69. The molecule has 2 amide bonds. The molecule has 126 valence electrons. The third-order valence-electron chi connectivity index (χ3n) is 4.25. The molecule has 0 saturated heterocycles. The van der Waals surface area contributed by atoms with Gasteiger partial charge in [0.2, 0.25) is 6.54 Å². The van der Waals surface area contributed by atoms with E-state index in [-0.39, 0.29) is 11.1 Å². The van der Waals surface area contributed by atoms with Crippen LogP contribution in [0.1, 0.15) is 32.2 Å². The Morgan fingerprint density at radius 2 is 1.48 bits per heavy atom. The van der Waals surface area contributed by atoms with Crippen molar-refractivity contribution < 1.29 is 19.3 Å². The Kier molecular flexibility index (Phi) is 4.38. The van der Waals surface area contributed by atoms with Crippen molar-refractivity contribution in [3.05, 3.63) is 81.4 Å². The molecule has 3 rings (SSSR count). The van der Waals surface area contributed by atoms with E-state index in [0.29, 0.717) is 11.8 Å². The predicted octanol–water partition coefficient (Wildman–Crippen LogP) is 1.91. The minimum atomic E-state index is -1.25. The quantitative estimate of drug-likeness (QED) is 0.347. The standard InChI is InChI=1S/C18H14N2O5/c21-11-16(15(10-19(24)25)12-6-2-1-3-7-12)20-17(22)13-8-4-5-9-14(13)18(20)23/h1-9,11,15-16H,10H2/t15-,16+/m1/s1. The number of amides is 2. The molecule has 0 saturated carbocycles. The zero-order valence-electron chi connectivity index (χ0n) is 13.1. The number of hydrogen-bond acceptors (Lipinski definition) is 5. The Morgan fingerprint density at radius 3 is 1.96 bits per heavy atom. The minimum Gasteiger partial charge on any atom is -0.301 e. The van der Waals surface area contributed by atoms with Crippen molar-refractivity contribution in [2.24, 2.45) is 0 Å². The lowest BCUT2D eigenvalue weighted by Crippen LogP contribution is -2.46. The molecule has 25 heavy (non-hydrogen) atoms. The normalized spacial score (nSPS) is 15.6. The van der Waals surface area contributed by atoms with E-state index in [4.69, 9.17) is 0 Å². The molecule has 0 spiro atoms. The number of carbonyl (C=O) groups excluding carboxylic acids is 3. The summed E-state index contributed by atoms with van der Waals surface area (Å²) >= 11 is 0. The molecule has 2 aromatic rings. The van der Waals surface area contributed by atoms with Crippen LogP contribution < -0.4 is 0 Å². The van der Waals surface area contributed by atoms with Gasteiger partial charge in [-0.3, -0.25) is 24.6 Å². The number of rotatable bonds is 6. The van der Waals surface area contributed by atoms with Crippen LogP contribution in [0.5, 0.6) is 0 Å². The van der Waals surface area contributed by atoms with E-state index in [2.05, 4.69) is 0 Å². The highest BCUT2D eigenvalue weighted by molar-refractivity contribution is 6.22. The van der Waals surface area contributed by atoms with Crippen LogP contribution in [0.4, 0.5) is 0 Å². The fourth-order valence-electron chi connectivity index (χ4n) is 3.09. The SMILES string of the molecule is O=C[C@@H]([C@H](C[N+](=O)[O-])c1ccccc1)N1C(=O)c2ccccc2C1=O. The zero-order valence-corrected chi connectivity index (χ0v) is 13.1. The summed E-state index contributed by atoms with van der Waals surface area (Å²) in [7, 11) is 0. The lowest BCUT2D eigenvalue weighted by atomic mass is 9.91. The van der Waals surface area contributed by atoms with Crippen molar-refractivity contribution in [1.82, 2.24) is 4.90 Å². The maximum Gasteiger partial charge on any atom is 0.262 e. The number of hydrogen-bond donors (Lipinski definition) is 0. The predicted molar refractivity (Wildman–Crippen MR) is 87.8 cm³/mol. The molecule has 0 aliphatic carbocycles. The molecule has 0 fully saturated rings. The van der Waals surface area contributed by atoms with Gasteiger partial charge in [0.1, 0.15) is 12.3 Å². The molecular weight excluding hydrogens is 324 g/mol. The summed E-state index contributed by atoms with van der Waals surface area (Å²) < 4.78 is 0. The Labute approximate surface area is 143 Å². The molecule has 7 nitrogen and oxygen atoms in total. The van der Waals surface area contributed by atoms with E-state index in [0.717, 1.165) is 4.90 Å². The summed E-state index contributed by atoms with van der Waals surface area (Å²) in [6.45, 7) is -0.569. The second kappa shape index (κ2) is 6.64. The summed E-state index contributed by atoms with van der Waals surface area (Å²) in [4.78, 5) is 48.4. The number of nitrogens with zero attached hydrogens (tertiary/aromatic N) is 2. The van der Waals surface area contributed by atoms with E-state index in [1.807, 2.05) is 0 Å². The van der Waals surface area contributed by atoms with Crippen LogP contribution in [0.3, 0.4) is 0 Å². The molecule has 2 atom stereocenters. The highest BCUT2D eigenvalue weighted by Gasteiger charge is 2.44. The first-order valence-corrected chi connectivity index (χ1v) is 7.63. The van der Waals surface area contributed by atoms with Crippen LogP contribution in [0.15, 0.2) is 54.6 Å². The van der Waals surface area contributed by atoms with E-state index in [9.17, 15) is 24.5 Å². The average Bonchev–Trinajstić information content (AvgIpc) is 2.87. The van der Waals surface area contributed by atoms with Crippen molar-refractivity contribution in [1.29, 1.82) is 0 Å². The average molecular weight is 338 g/mol. The maximum absolute atomic E-state index is 12.6.